The number of esters is 1. The van der Waals surface area contributed by atoms with Crippen molar-refractivity contribution in [3.8, 4) is 0 Å². The maximum absolute atomic E-state index is 11.6. The minimum Gasteiger partial charge on any atom is -0.465 e. The smallest absolute Gasteiger partial charge is 0.341 e. The van der Waals surface area contributed by atoms with Crippen LogP contribution in [0.5, 0.6) is 0 Å². The Labute approximate surface area is 180 Å². The topological polar surface area (TPSA) is 96.1 Å². The number of aliphatic hydroxyl groups is 1. The summed E-state index contributed by atoms with van der Waals surface area (Å²) in [5.74, 6) is 1.18. The lowest BCUT2D eigenvalue weighted by atomic mass is 10.1. The van der Waals surface area contributed by atoms with Crippen molar-refractivity contribution in [3.05, 3.63) is 45.5 Å². The van der Waals surface area contributed by atoms with E-state index in [4.69, 9.17) is 9.15 Å². The first-order chi connectivity index (χ1) is 12.4. The van der Waals surface area contributed by atoms with Gasteiger partial charge in [0.2, 0.25) is 0 Å². The van der Waals surface area contributed by atoms with Crippen LogP contribution in [-0.2, 0) is 16.9 Å². The second kappa shape index (κ2) is 10.7. The molecule has 27 heavy (non-hydrogen) atoms. The van der Waals surface area contributed by atoms with Crippen molar-refractivity contribution in [2.24, 2.45) is 4.99 Å². The number of aliphatic imine (C=N–C) groups is 1. The summed E-state index contributed by atoms with van der Waals surface area (Å²) in [6, 6.07) is 5.44. The van der Waals surface area contributed by atoms with Gasteiger partial charge in [-0.1, -0.05) is 6.07 Å². The molecule has 2 rings (SSSR count). The highest BCUT2D eigenvalue weighted by Gasteiger charge is 2.24. The van der Waals surface area contributed by atoms with Crippen LogP contribution in [-0.4, -0.2) is 37.2 Å². The van der Waals surface area contributed by atoms with Crippen molar-refractivity contribution in [1.29, 1.82) is 0 Å². The van der Waals surface area contributed by atoms with E-state index < -0.39 is 11.6 Å². The summed E-state index contributed by atoms with van der Waals surface area (Å²) in [5, 5.41) is 18.8. The predicted molar refractivity (Wildman–Crippen MR) is 117 cm³/mol. The molecule has 0 aliphatic rings. The zero-order valence-corrected chi connectivity index (χ0v) is 19.0. The standard InChI is InChI=1S/C18H25N3O4S.HI/c1-5-19-17(21-11-18(3,23)15-7-6-8-26-15)20-10-13-9-14(12(2)25-13)16(22)24-4;/h6-9,23H,5,10-11H2,1-4H3,(H2,19,20,21);1H. The van der Waals surface area contributed by atoms with Crippen LogP contribution in [0.15, 0.2) is 33.0 Å². The Hall–Kier alpha value is -1.59. The molecule has 3 N–H and O–H groups in total. The molecule has 2 aromatic rings. The SMILES string of the molecule is CCNC(=NCc1cc(C(=O)OC)c(C)o1)NCC(C)(O)c1cccs1.I. The largest absolute Gasteiger partial charge is 0.465 e. The number of carbonyl (C=O) groups excluding carboxylic acids is 1. The van der Waals surface area contributed by atoms with Gasteiger partial charge >= 0.3 is 5.97 Å². The van der Waals surface area contributed by atoms with Crippen molar-refractivity contribution >= 4 is 47.2 Å². The van der Waals surface area contributed by atoms with E-state index in [0.717, 1.165) is 4.88 Å². The van der Waals surface area contributed by atoms with Gasteiger partial charge in [-0.15, -0.1) is 35.3 Å². The number of aryl methyl sites for hydroxylation is 1. The number of ether oxygens (including phenoxy) is 1. The molecule has 0 aliphatic heterocycles. The number of nitrogens with one attached hydrogen (secondary N) is 2. The molecule has 7 nitrogen and oxygen atoms in total. The molecule has 0 bridgehead atoms. The maximum atomic E-state index is 11.6. The number of thiophene rings is 1. The molecule has 150 valence electrons. The minimum atomic E-state index is -0.996. The molecule has 0 radical (unpaired) electrons. The van der Waals surface area contributed by atoms with E-state index in [1.54, 1.807) is 19.9 Å². The molecule has 1 atom stereocenters. The summed E-state index contributed by atoms with van der Waals surface area (Å²) in [7, 11) is 1.33. The summed E-state index contributed by atoms with van der Waals surface area (Å²) in [5.41, 5.74) is -0.597. The highest BCUT2D eigenvalue weighted by molar-refractivity contribution is 14.0. The molecule has 0 spiro atoms. The van der Waals surface area contributed by atoms with E-state index >= 15 is 0 Å². The lowest BCUT2D eigenvalue weighted by Gasteiger charge is -2.23. The first-order valence-electron chi connectivity index (χ1n) is 8.33. The van der Waals surface area contributed by atoms with Gasteiger partial charge < -0.3 is 24.9 Å². The van der Waals surface area contributed by atoms with Gasteiger partial charge in [-0.25, -0.2) is 9.79 Å². The summed E-state index contributed by atoms with van der Waals surface area (Å²) >= 11 is 1.51. The second-order valence-corrected chi connectivity index (χ2v) is 6.92. The Morgan fingerprint density at radius 1 is 1.44 bits per heavy atom. The zero-order chi connectivity index (χ0) is 19.2. The van der Waals surface area contributed by atoms with E-state index in [2.05, 4.69) is 15.6 Å². The Balaban J connectivity index is 0.00000364. The van der Waals surface area contributed by atoms with Gasteiger partial charge in [0.1, 0.15) is 29.2 Å². The van der Waals surface area contributed by atoms with Crippen LogP contribution in [0.1, 0.15) is 40.6 Å². The monoisotopic (exact) mass is 507 g/mol. The fourth-order valence-electron chi connectivity index (χ4n) is 2.36. The van der Waals surface area contributed by atoms with Gasteiger partial charge in [-0.2, -0.15) is 0 Å². The number of guanidine groups is 1. The van der Waals surface area contributed by atoms with Crippen molar-refractivity contribution < 1.29 is 19.1 Å². The number of hydrogen-bond acceptors (Lipinski definition) is 6. The first kappa shape index (κ1) is 23.4. The lowest BCUT2D eigenvalue weighted by molar-refractivity contribution is 0.0598. The number of nitrogens with zero attached hydrogens (tertiary/aromatic N) is 1. The Morgan fingerprint density at radius 3 is 2.78 bits per heavy atom. The number of furan rings is 1. The maximum Gasteiger partial charge on any atom is 0.341 e. The van der Waals surface area contributed by atoms with Crippen LogP contribution in [0, 0.1) is 6.92 Å². The van der Waals surface area contributed by atoms with Crippen molar-refractivity contribution in [2.45, 2.75) is 32.9 Å². The van der Waals surface area contributed by atoms with E-state index in [0.29, 0.717) is 36.1 Å². The Morgan fingerprint density at radius 2 is 2.19 bits per heavy atom. The molecule has 0 saturated carbocycles. The van der Waals surface area contributed by atoms with Crippen LogP contribution in [0.4, 0.5) is 0 Å². The van der Waals surface area contributed by atoms with Gasteiger partial charge in [0.25, 0.3) is 0 Å². The number of hydrogen-bond donors (Lipinski definition) is 3. The second-order valence-electron chi connectivity index (χ2n) is 5.97. The van der Waals surface area contributed by atoms with Crippen molar-refractivity contribution in [1.82, 2.24) is 10.6 Å². The van der Waals surface area contributed by atoms with Gasteiger partial charge in [-0.3, -0.25) is 0 Å². The minimum absolute atomic E-state index is 0. The third kappa shape index (κ3) is 6.51. The number of methoxy groups -OCH3 is 1. The van der Waals surface area contributed by atoms with Crippen LogP contribution >= 0.6 is 35.3 Å². The highest BCUT2D eigenvalue weighted by Crippen LogP contribution is 2.24. The van der Waals surface area contributed by atoms with E-state index in [1.165, 1.54) is 18.4 Å². The normalized spacial score (nSPS) is 13.4. The third-order valence-electron chi connectivity index (χ3n) is 3.76. The summed E-state index contributed by atoms with van der Waals surface area (Å²) < 4.78 is 10.3. The molecule has 0 fully saturated rings. The van der Waals surface area contributed by atoms with E-state index in [-0.39, 0.29) is 30.5 Å². The Bertz CT molecular complexity index is 757. The van der Waals surface area contributed by atoms with Crippen molar-refractivity contribution in [3.63, 3.8) is 0 Å². The molecule has 0 amide bonds. The van der Waals surface area contributed by atoms with E-state index in [9.17, 15) is 9.90 Å². The van der Waals surface area contributed by atoms with Crippen LogP contribution in [0.3, 0.4) is 0 Å². The third-order valence-corrected chi connectivity index (χ3v) is 4.89. The van der Waals surface area contributed by atoms with Crippen LogP contribution < -0.4 is 10.6 Å². The van der Waals surface area contributed by atoms with Crippen LogP contribution in [0.25, 0.3) is 0 Å². The summed E-state index contributed by atoms with van der Waals surface area (Å²) in [4.78, 5) is 17.0. The zero-order valence-electron chi connectivity index (χ0n) is 15.9. The van der Waals surface area contributed by atoms with Gasteiger partial charge in [0, 0.05) is 11.4 Å². The predicted octanol–water partition coefficient (Wildman–Crippen LogP) is 3.02. The lowest BCUT2D eigenvalue weighted by Crippen LogP contribution is -2.44. The molecular weight excluding hydrogens is 481 g/mol. The van der Waals surface area contributed by atoms with Gasteiger partial charge in [0.05, 0.1) is 13.7 Å². The molecule has 9 heteroatoms. The average Bonchev–Trinajstić information content (AvgIpc) is 3.27. The van der Waals surface area contributed by atoms with E-state index in [1.807, 2.05) is 24.4 Å². The molecule has 0 aromatic carbocycles. The summed E-state index contributed by atoms with van der Waals surface area (Å²) in [6.45, 7) is 6.67. The number of carbonyl (C=O) groups is 1. The fraction of sp³-hybridized carbons (Fsp3) is 0.444. The van der Waals surface area contributed by atoms with Gasteiger partial charge in [-0.05, 0) is 38.3 Å². The van der Waals surface area contributed by atoms with Crippen LogP contribution in [0.2, 0.25) is 0 Å². The quantitative estimate of drug-likeness (QED) is 0.231. The molecule has 1 unspecified atom stereocenters. The number of rotatable bonds is 7. The highest BCUT2D eigenvalue weighted by atomic mass is 127. The van der Waals surface area contributed by atoms with Gasteiger partial charge in [0.15, 0.2) is 5.96 Å². The fourth-order valence-corrected chi connectivity index (χ4v) is 3.15. The molecule has 0 saturated heterocycles. The number of halogens is 1. The summed E-state index contributed by atoms with van der Waals surface area (Å²) in [6.07, 6.45) is 0. The molecule has 2 heterocycles. The first-order valence-corrected chi connectivity index (χ1v) is 9.21. The average molecular weight is 507 g/mol. The Kier molecular flexibility index (Phi) is 9.27. The molecule has 0 aliphatic carbocycles. The van der Waals surface area contributed by atoms with Crippen molar-refractivity contribution in [2.75, 3.05) is 20.2 Å². The molecule has 2 aromatic heterocycles. The molecular formula is C18H26IN3O4S.